The summed E-state index contributed by atoms with van der Waals surface area (Å²) in [5.74, 6) is 0.662. The average molecular weight is 289 g/mol. The number of carbonyl (C=O) groups is 1. The minimum atomic E-state index is -1.04. The van der Waals surface area contributed by atoms with Crippen LogP contribution in [0.15, 0.2) is 47.1 Å². The molecule has 0 saturated carbocycles. The molecular formula is C16H19NO4. The van der Waals surface area contributed by atoms with E-state index in [0.717, 1.165) is 11.3 Å². The lowest BCUT2D eigenvalue weighted by molar-refractivity contribution is 0.0544. The molecule has 0 bridgehead atoms. The zero-order chi connectivity index (χ0) is 15.3. The third-order valence-corrected chi connectivity index (χ3v) is 3.12. The first-order chi connectivity index (χ1) is 10.00. The van der Waals surface area contributed by atoms with Gasteiger partial charge in [-0.1, -0.05) is 12.1 Å². The van der Waals surface area contributed by atoms with Crippen LogP contribution >= 0.6 is 0 Å². The maximum atomic E-state index is 11.8. The van der Waals surface area contributed by atoms with Gasteiger partial charge in [0.15, 0.2) is 5.76 Å². The summed E-state index contributed by atoms with van der Waals surface area (Å²) in [7, 11) is 1.61. The van der Waals surface area contributed by atoms with Gasteiger partial charge < -0.3 is 19.6 Å². The van der Waals surface area contributed by atoms with Gasteiger partial charge in [0, 0.05) is 13.0 Å². The number of hydrogen-bond acceptors (Lipinski definition) is 4. The predicted molar refractivity (Wildman–Crippen MR) is 78.4 cm³/mol. The van der Waals surface area contributed by atoms with E-state index in [9.17, 15) is 9.90 Å². The highest BCUT2D eigenvalue weighted by molar-refractivity contribution is 5.91. The molecule has 0 saturated heterocycles. The van der Waals surface area contributed by atoms with E-state index in [0.29, 0.717) is 6.42 Å². The molecule has 2 rings (SSSR count). The highest BCUT2D eigenvalue weighted by atomic mass is 16.5. The van der Waals surface area contributed by atoms with Crippen LogP contribution in [0.25, 0.3) is 0 Å². The Bertz CT molecular complexity index is 573. The van der Waals surface area contributed by atoms with E-state index in [2.05, 4.69) is 5.32 Å². The summed E-state index contributed by atoms with van der Waals surface area (Å²) in [6.07, 6.45) is 1.86. The Morgan fingerprint density at radius 1 is 1.33 bits per heavy atom. The molecule has 0 radical (unpaired) electrons. The van der Waals surface area contributed by atoms with E-state index in [1.807, 2.05) is 24.3 Å². The largest absolute Gasteiger partial charge is 0.497 e. The van der Waals surface area contributed by atoms with E-state index >= 15 is 0 Å². The molecule has 112 valence electrons. The summed E-state index contributed by atoms with van der Waals surface area (Å²) in [6.45, 7) is 1.82. The van der Waals surface area contributed by atoms with Crippen LogP contribution in [0.1, 0.15) is 23.0 Å². The first-order valence-corrected chi connectivity index (χ1v) is 6.67. The van der Waals surface area contributed by atoms with Crippen molar-refractivity contribution in [2.75, 3.05) is 13.7 Å². The fourth-order valence-corrected chi connectivity index (χ4v) is 2.01. The molecule has 21 heavy (non-hydrogen) atoms. The molecule has 5 heteroatoms. The molecule has 0 aliphatic rings. The van der Waals surface area contributed by atoms with Crippen molar-refractivity contribution in [1.82, 2.24) is 5.32 Å². The van der Waals surface area contributed by atoms with Crippen LogP contribution in [0.2, 0.25) is 0 Å². The third kappa shape index (κ3) is 4.36. The summed E-state index contributed by atoms with van der Waals surface area (Å²) < 4.78 is 10.1. The third-order valence-electron chi connectivity index (χ3n) is 3.12. The molecule has 1 aromatic carbocycles. The lowest BCUT2D eigenvalue weighted by atomic mass is 9.96. The van der Waals surface area contributed by atoms with Gasteiger partial charge in [-0.25, -0.2) is 0 Å². The maximum absolute atomic E-state index is 11.8. The minimum absolute atomic E-state index is 0.137. The van der Waals surface area contributed by atoms with Gasteiger partial charge >= 0.3 is 0 Å². The monoisotopic (exact) mass is 289 g/mol. The van der Waals surface area contributed by atoms with Gasteiger partial charge in [0.1, 0.15) is 5.75 Å². The molecule has 2 N–H and O–H groups in total. The molecule has 0 aliphatic carbocycles. The Labute approximate surface area is 123 Å². The van der Waals surface area contributed by atoms with Gasteiger partial charge in [-0.3, -0.25) is 4.79 Å². The molecule has 1 heterocycles. The average Bonchev–Trinajstić information content (AvgIpc) is 2.99. The summed E-state index contributed by atoms with van der Waals surface area (Å²) in [4.78, 5) is 11.8. The molecule has 5 nitrogen and oxygen atoms in total. The SMILES string of the molecule is COc1ccc(CC(C)(O)CNC(=O)c2ccco2)cc1. The van der Waals surface area contributed by atoms with Crippen LogP contribution in [0, 0.1) is 0 Å². The predicted octanol–water partition coefficient (Wildman–Crippen LogP) is 2.01. The quantitative estimate of drug-likeness (QED) is 0.853. The first kappa shape index (κ1) is 15.1. The number of furan rings is 1. The van der Waals surface area contributed by atoms with Crippen molar-refractivity contribution >= 4 is 5.91 Å². The van der Waals surface area contributed by atoms with Crippen molar-refractivity contribution in [3.8, 4) is 5.75 Å². The van der Waals surface area contributed by atoms with Crippen LogP contribution in [0.5, 0.6) is 5.75 Å². The number of aliphatic hydroxyl groups is 1. The standard InChI is InChI=1S/C16H19NO4/c1-16(19,10-12-5-7-13(20-2)8-6-12)11-17-15(18)14-4-3-9-21-14/h3-9,19H,10-11H2,1-2H3,(H,17,18). The van der Waals surface area contributed by atoms with Crippen LogP contribution in [-0.2, 0) is 6.42 Å². The highest BCUT2D eigenvalue weighted by Gasteiger charge is 2.22. The topological polar surface area (TPSA) is 71.7 Å². The van der Waals surface area contributed by atoms with Gasteiger partial charge in [-0.15, -0.1) is 0 Å². The molecule has 2 aromatic rings. The number of benzene rings is 1. The van der Waals surface area contributed by atoms with E-state index in [1.54, 1.807) is 26.2 Å². The molecule has 0 aliphatic heterocycles. The van der Waals surface area contributed by atoms with Crippen molar-refractivity contribution in [3.63, 3.8) is 0 Å². The van der Waals surface area contributed by atoms with Crippen molar-refractivity contribution < 1.29 is 19.1 Å². The Morgan fingerprint density at radius 2 is 2.05 bits per heavy atom. The summed E-state index contributed by atoms with van der Waals surface area (Å²) in [6, 6.07) is 10.7. The van der Waals surface area contributed by atoms with Gasteiger partial charge in [-0.2, -0.15) is 0 Å². The molecular weight excluding hydrogens is 270 g/mol. The number of methoxy groups -OCH3 is 1. The zero-order valence-electron chi connectivity index (χ0n) is 12.1. The number of carbonyl (C=O) groups excluding carboxylic acids is 1. The molecule has 1 aromatic heterocycles. The van der Waals surface area contributed by atoms with E-state index in [1.165, 1.54) is 6.26 Å². The second kappa shape index (κ2) is 6.45. The lowest BCUT2D eigenvalue weighted by Gasteiger charge is -2.23. The second-order valence-corrected chi connectivity index (χ2v) is 5.18. The second-order valence-electron chi connectivity index (χ2n) is 5.18. The molecule has 0 fully saturated rings. The van der Waals surface area contributed by atoms with Gasteiger partial charge in [0.2, 0.25) is 0 Å². The molecule has 1 amide bonds. The molecule has 0 spiro atoms. The maximum Gasteiger partial charge on any atom is 0.287 e. The Balaban J connectivity index is 1.90. The van der Waals surface area contributed by atoms with E-state index < -0.39 is 5.60 Å². The Kier molecular flexibility index (Phi) is 4.65. The zero-order valence-corrected chi connectivity index (χ0v) is 12.1. The minimum Gasteiger partial charge on any atom is -0.497 e. The lowest BCUT2D eigenvalue weighted by Crippen LogP contribution is -2.42. The first-order valence-electron chi connectivity index (χ1n) is 6.67. The Hall–Kier alpha value is -2.27. The Morgan fingerprint density at radius 3 is 2.62 bits per heavy atom. The van der Waals surface area contributed by atoms with Gasteiger partial charge in [0.05, 0.1) is 19.0 Å². The van der Waals surface area contributed by atoms with Crippen molar-refractivity contribution in [2.45, 2.75) is 18.9 Å². The van der Waals surface area contributed by atoms with Crippen LogP contribution in [0.4, 0.5) is 0 Å². The molecule has 1 unspecified atom stereocenters. The fraction of sp³-hybridized carbons (Fsp3) is 0.312. The number of ether oxygens (including phenoxy) is 1. The molecule has 1 atom stereocenters. The highest BCUT2D eigenvalue weighted by Crippen LogP contribution is 2.16. The van der Waals surface area contributed by atoms with Crippen LogP contribution in [-0.4, -0.2) is 30.3 Å². The van der Waals surface area contributed by atoms with E-state index in [-0.39, 0.29) is 18.2 Å². The summed E-state index contributed by atoms with van der Waals surface area (Å²) in [5.41, 5.74) is -0.0790. The normalized spacial score (nSPS) is 13.5. The van der Waals surface area contributed by atoms with Crippen LogP contribution in [0.3, 0.4) is 0 Å². The van der Waals surface area contributed by atoms with Crippen molar-refractivity contribution in [1.29, 1.82) is 0 Å². The smallest absolute Gasteiger partial charge is 0.287 e. The fourth-order valence-electron chi connectivity index (χ4n) is 2.01. The number of rotatable bonds is 6. The summed E-state index contributed by atoms with van der Waals surface area (Å²) in [5, 5.41) is 13.0. The van der Waals surface area contributed by atoms with Gasteiger partial charge in [-0.05, 0) is 36.8 Å². The van der Waals surface area contributed by atoms with Crippen LogP contribution < -0.4 is 10.1 Å². The number of amides is 1. The van der Waals surface area contributed by atoms with Crippen molar-refractivity contribution in [3.05, 3.63) is 54.0 Å². The van der Waals surface area contributed by atoms with E-state index in [4.69, 9.17) is 9.15 Å². The van der Waals surface area contributed by atoms with Crippen molar-refractivity contribution in [2.24, 2.45) is 0 Å². The number of nitrogens with one attached hydrogen (secondary N) is 1. The number of hydrogen-bond donors (Lipinski definition) is 2. The summed E-state index contributed by atoms with van der Waals surface area (Å²) >= 11 is 0. The van der Waals surface area contributed by atoms with Gasteiger partial charge in [0.25, 0.3) is 5.91 Å².